The summed E-state index contributed by atoms with van der Waals surface area (Å²) in [6, 6.07) is 11.2. The highest BCUT2D eigenvalue weighted by molar-refractivity contribution is 6.11. The fraction of sp³-hybridized carbons (Fsp3) is 0.211. The lowest BCUT2D eigenvalue weighted by atomic mass is 9.92. The number of ether oxygens (including phenoxy) is 1. The molecule has 0 bridgehead atoms. The summed E-state index contributed by atoms with van der Waals surface area (Å²) >= 11 is 0. The number of ketones is 1. The van der Waals surface area contributed by atoms with Crippen molar-refractivity contribution < 1.29 is 23.5 Å². The quantitative estimate of drug-likeness (QED) is 0.660. The minimum Gasteiger partial charge on any atom is -0.497 e. The van der Waals surface area contributed by atoms with Crippen molar-refractivity contribution >= 4 is 17.7 Å². The highest BCUT2D eigenvalue weighted by Crippen LogP contribution is 2.31. The molecule has 0 spiro atoms. The van der Waals surface area contributed by atoms with Gasteiger partial charge in [0.1, 0.15) is 17.1 Å². The van der Waals surface area contributed by atoms with Crippen LogP contribution >= 0.6 is 0 Å². The zero-order valence-electron chi connectivity index (χ0n) is 14.3. The number of carbonyl (C=O) groups excluding carboxylic acids is 3. The van der Waals surface area contributed by atoms with Crippen LogP contribution in [0.3, 0.4) is 0 Å². The van der Waals surface area contributed by atoms with E-state index in [4.69, 9.17) is 4.74 Å². The number of halogens is 1. The summed E-state index contributed by atoms with van der Waals surface area (Å²) in [5.74, 6) is -1.10. The molecule has 0 saturated carbocycles. The maximum absolute atomic E-state index is 13.3. The second-order valence-corrected chi connectivity index (χ2v) is 6.11. The third-order valence-corrected chi connectivity index (χ3v) is 4.37. The van der Waals surface area contributed by atoms with Crippen molar-refractivity contribution in [3.05, 3.63) is 65.5 Å². The smallest absolute Gasteiger partial charge is 0.325 e. The highest BCUT2D eigenvalue weighted by atomic mass is 19.1. The molecule has 0 unspecified atom stereocenters. The van der Waals surface area contributed by atoms with Crippen molar-refractivity contribution in [2.24, 2.45) is 0 Å². The lowest BCUT2D eigenvalue weighted by Crippen LogP contribution is -2.41. The van der Waals surface area contributed by atoms with Crippen molar-refractivity contribution in [1.82, 2.24) is 10.2 Å². The van der Waals surface area contributed by atoms with Gasteiger partial charge in [-0.25, -0.2) is 9.18 Å². The highest BCUT2D eigenvalue weighted by Gasteiger charge is 2.49. The van der Waals surface area contributed by atoms with Gasteiger partial charge in [0.05, 0.1) is 13.7 Å². The summed E-state index contributed by atoms with van der Waals surface area (Å²) in [6.07, 6.45) is 0. The molecule has 3 amide bonds. The average molecular weight is 356 g/mol. The molecule has 2 aromatic rings. The molecule has 1 heterocycles. The average Bonchev–Trinajstić information content (AvgIpc) is 2.86. The Morgan fingerprint density at radius 3 is 2.62 bits per heavy atom. The molecule has 2 aromatic carbocycles. The van der Waals surface area contributed by atoms with E-state index in [0.29, 0.717) is 11.3 Å². The Bertz CT molecular complexity index is 899. The number of methoxy groups -OCH3 is 1. The number of hydrogen-bond donors (Lipinski definition) is 1. The normalized spacial score (nSPS) is 19.4. The van der Waals surface area contributed by atoms with Gasteiger partial charge in [0.25, 0.3) is 5.91 Å². The van der Waals surface area contributed by atoms with E-state index in [2.05, 4.69) is 5.32 Å². The molecule has 7 heteroatoms. The minimum atomic E-state index is -1.31. The first-order chi connectivity index (χ1) is 12.3. The number of nitrogens with one attached hydrogen (secondary N) is 1. The van der Waals surface area contributed by atoms with Gasteiger partial charge in [-0.1, -0.05) is 24.3 Å². The third-order valence-electron chi connectivity index (χ3n) is 4.37. The monoisotopic (exact) mass is 356 g/mol. The lowest BCUT2D eigenvalue weighted by molar-refractivity contribution is -0.130. The summed E-state index contributed by atoms with van der Waals surface area (Å²) in [6.45, 7) is 1.10. The van der Waals surface area contributed by atoms with Crippen molar-refractivity contribution in [2.75, 3.05) is 13.7 Å². The van der Waals surface area contributed by atoms with E-state index >= 15 is 0 Å². The minimum absolute atomic E-state index is 0.0978. The molecule has 0 aromatic heterocycles. The first kappa shape index (κ1) is 17.6. The Morgan fingerprint density at radius 1 is 1.19 bits per heavy atom. The first-order valence-corrected chi connectivity index (χ1v) is 7.92. The van der Waals surface area contributed by atoms with Gasteiger partial charge in [0.2, 0.25) is 0 Å². The van der Waals surface area contributed by atoms with Crippen LogP contribution in [0.15, 0.2) is 48.5 Å². The molecule has 26 heavy (non-hydrogen) atoms. The molecule has 134 valence electrons. The number of hydrogen-bond acceptors (Lipinski definition) is 4. The first-order valence-electron chi connectivity index (χ1n) is 7.92. The van der Waals surface area contributed by atoms with Crippen molar-refractivity contribution in [1.29, 1.82) is 0 Å². The van der Waals surface area contributed by atoms with Crippen LogP contribution in [0.5, 0.6) is 5.75 Å². The number of amides is 3. The van der Waals surface area contributed by atoms with E-state index in [9.17, 15) is 18.8 Å². The van der Waals surface area contributed by atoms with Gasteiger partial charge in [-0.15, -0.1) is 0 Å². The Balaban J connectivity index is 1.85. The van der Waals surface area contributed by atoms with Crippen molar-refractivity contribution in [3.8, 4) is 5.75 Å². The maximum Gasteiger partial charge on any atom is 0.325 e. The molecule has 1 N–H and O–H groups in total. The van der Waals surface area contributed by atoms with E-state index in [1.807, 2.05) is 0 Å². The van der Waals surface area contributed by atoms with E-state index in [-0.39, 0.29) is 5.56 Å². The Morgan fingerprint density at radius 2 is 1.92 bits per heavy atom. The van der Waals surface area contributed by atoms with Crippen LogP contribution in [-0.2, 0) is 10.3 Å². The molecule has 1 atom stereocenters. The van der Waals surface area contributed by atoms with Crippen LogP contribution in [0.4, 0.5) is 9.18 Å². The van der Waals surface area contributed by atoms with Crippen LogP contribution in [0.1, 0.15) is 22.8 Å². The number of benzene rings is 2. The molecule has 6 nitrogen and oxygen atoms in total. The van der Waals surface area contributed by atoms with E-state index in [1.165, 1.54) is 25.3 Å². The van der Waals surface area contributed by atoms with E-state index in [0.717, 1.165) is 11.0 Å². The number of carbonyl (C=O) groups is 3. The largest absolute Gasteiger partial charge is 0.497 e. The summed E-state index contributed by atoms with van der Waals surface area (Å²) in [4.78, 5) is 38.3. The molecule has 0 radical (unpaired) electrons. The van der Waals surface area contributed by atoms with Crippen LogP contribution in [0, 0.1) is 5.82 Å². The predicted octanol–water partition coefficient (Wildman–Crippen LogP) is 2.48. The molecule has 3 rings (SSSR count). The molecular formula is C19H17FN2O4. The Kier molecular flexibility index (Phi) is 4.46. The van der Waals surface area contributed by atoms with Crippen LogP contribution in [0.25, 0.3) is 0 Å². The van der Waals surface area contributed by atoms with Gasteiger partial charge in [-0.05, 0) is 36.8 Å². The number of rotatable bonds is 5. The van der Waals surface area contributed by atoms with Gasteiger partial charge in [0, 0.05) is 5.56 Å². The predicted molar refractivity (Wildman–Crippen MR) is 91.3 cm³/mol. The van der Waals surface area contributed by atoms with Gasteiger partial charge in [-0.3, -0.25) is 14.5 Å². The number of urea groups is 1. The number of nitrogens with zero attached hydrogens (tertiary/aromatic N) is 1. The Labute approximate surface area is 149 Å². The van der Waals surface area contributed by atoms with Crippen LogP contribution in [-0.4, -0.2) is 36.3 Å². The topological polar surface area (TPSA) is 75.7 Å². The molecule has 1 fully saturated rings. The standard InChI is InChI=1S/C19H17FN2O4/c1-19(13-6-4-8-15(10-13)26-2)17(24)22(18(25)21-19)11-16(23)12-5-3-7-14(20)9-12/h3-10H,11H2,1-2H3,(H,21,25)/t19-/m0/s1. The van der Waals surface area contributed by atoms with Crippen LogP contribution < -0.4 is 10.1 Å². The summed E-state index contributed by atoms with van der Waals surface area (Å²) in [5.41, 5.74) is -0.676. The molecular weight excluding hydrogens is 339 g/mol. The van der Waals surface area contributed by atoms with E-state index < -0.39 is 35.6 Å². The third kappa shape index (κ3) is 3.03. The van der Waals surface area contributed by atoms with Crippen molar-refractivity contribution in [2.45, 2.75) is 12.5 Å². The van der Waals surface area contributed by atoms with Gasteiger partial charge in [-0.2, -0.15) is 0 Å². The fourth-order valence-corrected chi connectivity index (χ4v) is 2.87. The summed E-state index contributed by atoms with van der Waals surface area (Å²) < 4.78 is 18.4. The van der Waals surface area contributed by atoms with Gasteiger partial charge < -0.3 is 10.1 Å². The Hall–Kier alpha value is -3.22. The van der Waals surface area contributed by atoms with E-state index in [1.54, 1.807) is 31.2 Å². The zero-order valence-corrected chi connectivity index (χ0v) is 14.3. The molecule has 1 aliphatic rings. The summed E-state index contributed by atoms with van der Waals surface area (Å²) in [5, 5.41) is 2.62. The second kappa shape index (κ2) is 6.59. The van der Waals surface area contributed by atoms with Crippen LogP contribution in [0.2, 0.25) is 0 Å². The SMILES string of the molecule is COc1cccc([C@]2(C)NC(=O)N(CC(=O)c3cccc(F)c3)C2=O)c1. The zero-order chi connectivity index (χ0) is 18.9. The van der Waals surface area contributed by atoms with Crippen molar-refractivity contribution in [3.63, 3.8) is 0 Å². The molecule has 1 saturated heterocycles. The summed E-state index contributed by atoms with van der Waals surface area (Å²) in [7, 11) is 1.50. The van der Waals surface area contributed by atoms with Gasteiger partial charge >= 0.3 is 6.03 Å². The molecule has 0 aliphatic carbocycles. The second-order valence-electron chi connectivity index (χ2n) is 6.11. The maximum atomic E-state index is 13.3. The number of Topliss-reactive ketones (excluding diaryl/α,β-unsaturated/α-hetero) is 1. The lowest BCUT2D eigenvalue weighted by Gasteiger charge is -2.22. The number of imide groups is 1. The molecule has 1 aliphatic heterocycles. The van der Waals surface area contributed by atoms with Gasteiger partial charge in [0.15, 0.2) is 5.78 Å². The fourth-order valence-electron chi connectivity index (χ4n) is 2.87.